The molecule has 0 radical (unpaired) electrons. The van der Waals surface area contributed by atoms with E-state index >= 15 is 0 Å². The van der Waals surface area contributed by atoms with Crippen molar-refractivity contribution in [1.29, 1.82) is 0 Å². The fourth-order valence-corrected chi connectivity index (χ4v) is 6.73. The largest absolute Gasteiger partial charge is 0.497 e. The lowest BCUT2D eigenvalue weighted by atomic mass is 10.00. The Morgan fingerprint density at radius 2 is 1.95 bits per heavy atom. The van der Waals surface area contributed by atoms with Crippen LogP contribution in [0.5, 0.6) is 5.75 Å². The van der Waals surface area contributed by atoms with Crippen LogP contribution in [0.25, 0.3) is 5.00 Å². The number of nitrogens with one attached hydrogen (secondary N) is 1. The van der Waals surface area contributed by atoms with E-state index < -0.39 is 23.7 Å². The van der Waals surface area contributed by atoms with Crippen molar-refractivity contribution in [1.82, 2.24) is 14.4 Å². The highest BCUT2D eigenvalue weighted by atomic mass is 32.1. The number of thiophene rings is 1. The Hall–Kier alpha value is -3.69. The lowest BCUT2D eigenvalue weighted by Crippen LogP contribution is -2.38. The maximum absolute atomic E-state index is 14.5. The summed E-state index contributed by atoms with van der Waals surface area (Å²) in [6.45, 7) is 2.17. The van der Waals surface area contributed by atoms with E-state index in [9.17, 15) is 13.6 Å². The van der Waals surface area contributed by atoms with Crippen molar-refractivity contribution in [3.05, 3.63) is 99.7 Å². The van der Waals surface area contributed by atoms with Gasteiger partial charge < -0.3 is 24.4 Å². The Bertz CT molecular complexity index is 1500. The number of hydrogen-bond donors (Lipinski definition) is 1. The summed E-state index contributed by atoms with van der Waals surface area (Å²) in [5.74, 6) is -0.835. The minimum absolute atomic E-state index is 0.0652. The highest BCUT2D eigenvalue weighted by Gasteiger charge is 2.36. The third-order valence-electron chi connectivity index (χ3n) is 7.10. The van der Waals surface area contributed by atoms with Gasteiger partial charge in [0.05, 0.1) is 31.1 Å². The summed E-state index contributed by atoms with van der Waals surface area (Å²) >= 11 is 1.77. The van der Waals surface area contributed by atoms with Gasteiger partial charge in [-0.1, -0.05) is 12.1 Å². The third kappa shape index (κ3) is 4.18. The second-order valence-corrected chi connectivity index (χ2v) is 10.5. The number of fused-ring (bicyclic) bond motifs is 5. The van der Waals surface area contributed by atoms with Crippen LogP contribution in [0.3, 0.4) is 0 Å². The maximum Gasteiger partial charge on any atom is 0.323 e. The first-order valence-corrected chi connectivity index (χ1v) is 12.9. The fourth-order valence-electron chi connectivity index (χ4n) is 5.29. The molecule has 37 heavy (non-hydrogen) atoms. The van der Waals surface area contributed by atoms with Crippen LogP contribution in [0.2, 0.25) is 0 Å². The summed E-state index contributed by atoms with van der Waals surface area (Å²) in [6.07, 6.45) is 2.94. The second-order valence-electron chi connectivity index (χ2n) is 9.44. The van der Waals surface area contributed by atoms with Gasteiger partial charge in [0.1, 0.15) is 22.4 Å². The normalized spacial score (nSPS) is 17.0. The molecule has 6 rings (SSSR count). The van der Waals surface area contributed by atoms with Gasteiger partial charge in [-0.15, -0.1) is 11.3 Å². The number of carbonyl (C=O) groups is 1. The van der Waals surface area contributed by atoms with Gasteiger partial charge in [0.15, 0.2) is 0 Å². The first-order chi connectivity index (χ1) is 17.9. The van der Waals surface area contributed by atoms with Gasteiger partial charge in [0.2, 0.25) is 0 Å². The number of nitrogens with zero attached hydrogens (tertiary/aromatic N) is 3. The van der Waals surface area contributed by atoms with Crippen LogP contribution in [0.1, 0.15) is 33.3 Å². The van der Waals surface area contributed by atoms with Crippen molar-refractivity contribution in [2.24, 2.45) is 0 Å². The Kier molecular flexibility index (Phi) is 5.97. The van der Waals surface area contributed by atoms with Crippen molar-refractivity contribution >= 4 is 23.1 Å². The van der Waals surface area contributed by atoms with Crippen LogP contribution in [0.4, 0.5) is 19.3 Å². The zero-order valence-corrected chi connectivity index (χ0v) is 21.3. The zero-order valence-electron chi connectivity index (χ0n) is 20.5. The molecule has 2 aliphatic heterocycles. The molecule has 4 heterocycles. The zero-order chi connectivity index (χ0) is 25.7. The molecular formula is C28H26F2N4O2S. The number of ether oxygens (including phenoxy) is 1. The molecule has 1 atom stereocenters. The lowest BCUT2D eigenvalue weighted by Gasteiger charge is -2.32. The molecule has 6 nitrogen and oxygen atoms in total. The van der Waals surface area contributed by atoms with E-state index in [1.54, 1.807) is 23.3 Å². The topological polar surface area (TPSA) is 49.7 Å². The Morgan fingerprint density at radius 1 is 1.08 bits per heavy atom. The van der Waals surface area contributed by atoms with Crippen LogP contribution < -0.4 is 10.1 Å². The average Bonchev–Trinajstić information content (AvgIpc) is 3.47. The number of likely N-dealkylation sites (N-methyl/N-ethyl adjacent to an activating group) is 1. The molecule has 0 saturated carbocycles. The molecule has 0 bridgehead atoms. The van der Waals surface area contributed by atoms with E-state index in [0.29, 0.717) is 12.3 Å². The Balaban J connectivity index is 1.50. The SMILES string of the molecule is COc1cccc([C@@H]2c3cccn3-c3sc4c(c3CN2C(=O)Nc2ccc(F)cc2F)CCN(C)C4)c1. The molecule has 9 heteroatoms. The predicted molar refractivity (Wildman–Crippen MR) is 139 cm³/mol. The molecule has 0 aliphatic carbocycles. The van der Waals surface area contributed by atoms with Gasteiger partial charge in [0.25, 0.3) is 0 Å². The number of methoxy groups -OCH3 is 1. The molecule has 1 N–H and O–H groups in total. The van der Waals surface area contributed by atoms with Crippen LogP contribution >= 0.6 is 11.3 Å². The minimum atomic E-state index is -0.818. The van der Waals surface area contributed by atoms with E-state index in [1.807, 2.05) is 42.6 Å². The third-order valence-corrected chi connectivity index (χ3v) is 8.36. The Labute approximate surface area is 217 Å². The highest BCUT2D eigenvalue weighted by Crippen LogP contribution is 2.44. The smallest absolute Gasteiger partial charge is 0.323 e. The molecule has 2 amide bonds. The number of rotatable bonds is 3. The molecule has 0 spiro atoms. The van der Waals surface area contributed by atoms with Crippen molar-refractivity contribution in [3.8, 4) is 10.8 Å². The van der Waals surface area contributed by atoms with Gasteiger partial charge >= 0.3 is 6.03 Å². The molecular weight excluding hydrogens is 494 g/mol. The summed E-state index contributed by atoms with van der Waals surface area (Å²) in [5, 5.41) is 3.80. The fraction of sp³-hybridized carbons (Fsp3) is 0.250. The number of carbonyl (C=O) groups excluding carboxylic acids is 1. The molecule has 0 fully saturated rings. The molecule has 4 aromatic rings. The van der Waals surface area contributed by atoms with E-state index in [-0.39, 0.29) is 5.69 Å². The minimum Gasteiger partial charge on any atom is -0.497 e. The van der Waals surface area contributed by atoms with E-state index in [4.69, 9.17) is 4.74 Å². The summed E-state index contributed by atoms with van der Waals surface area (Å²) < 4.78 is 35.7. The molecule has 2 aromatic carbocycles. The van der Waals surface area contributed by atoms with Gasteiger partial charge in [-0.25, -0.2) is 13.6 Å². The highest BCUT2D eigenvalue weighted by molar-refractivity contribution is 7.15. The summed E-state index contributed by atoms with van der Waals surface area (Å²) in [4.78, 5) is 19.2. The van der Waals surface area contributed by atoms with Crippen LogP contribution in [-0.2, 0) is 19.5 Å². The summed E-state index contributed by atoms with van der Waals surface area (Å²) in [7, 11) is 3.72. The van der Waals surface area contributed by atoms with E-state index in [0.717, 1.165) is 53.5 Å². The maximum atomic E-state index is 14.5. The van der Waals surface area contributed by atoms with Crippen LogP contribution in [0.15, 0.2) is 60.8 Å². The number of benzene rings is 2. The first-order valence-electron chi connectivity index (χ1n) is 12.1. The van der Waals surface area contributed by atoms with Gasteiger partial charge in [-0.3, -0.25) is 0 Å². The number of anilines is 1. The van der Waals surface area contributed by atoms with Crippen molar-refractivity contribution in [3.63, 3.8) is 0 Å². The second kappa shape index (κ2) is 9.32. The summed E-state index contributed by atoms with van der Waals surface area (Å²) in [5.41, 5.74) is 4.14. The van der Waals surface area contributed by atoms with Gasteiger partial charge in [0, 0.05) is 35.8 Å². The monoisotopic (exact) mass is 520 g/mol. The quantitative estimate of drug-likeness (QED) is 0.363. The van der Waals surface area contributed by atoms with Crippen molar-refractivity contribution in [2.45, 2.75) is 25.6 Å². The number of aromatic nitrogens is 1. The molecule has 190 valence electrons. The van der Waals surface area contributed by atoms with Crippen LogP contribution in [-0.4, -0.2) is 41.1 Å². The predicted octanol–water partition coefficient (Wildman–Crippen LogP) is 5.95. The number of halogens is 2. The molecule has 0 saturated heterocycles. The van der Waals surface area contributed by atoms with E-state index in [2.05, 4.69) is 21.8 Å². The molecule has 0 unspecified atom stereocenters. The van der Waals surface area contributed by atoms with Crippen LogP contribution in [0, 0.1) is 11.6 Å². The standard InChI is InChI=1S/C28H26F2N4O2S/c1-32-12-10-20-21-15-34(28(35)31-23-9-8-18(29)14-22(23)30)26(17-5-3-6-19(13-17)36-2)24-7-4-11-33(24)27(21)37-25(20)16-32/h3-9,11,13-14,26H,10,12,15-16H2,1-2H3,(H,31,35)/t26-/m1/s1. The van der Waals surface area contributed by atoms with Gasteiger partial charge in [-0.05, 0) is 61.0 Å². The number of hydrogen-bond acceptors (Lipinski definition) is 4. The van der Waals surface area contributed by atoms with Crippen molar-refractivity contribution in [2.75, 3.05) is 26.0 Å². The number of urea groups is 1. The number of amides is 2. The molecule has 2 aliphatic rings. The first kappa shape index (κ1) is 23.7. The Morgan fingerprint density at radius 3 is 2.76 bits per heavy atom. The molecule has 2 aromatic heterocycles. The lowest BCUT2D eigenvalue weighted by molar-refractivity contribution is 0.194. The average molecular weight is 521 g/mol. The summed E-state index contributed by atoms with van der Waals surface area (Å²) in [6, 6.07) is 13.9. The van der Waals surface area contributed by atoms with E-state index in [1.165, 1.54) is 16.5 Å². The van der Waals surface area contributed by atoms with Gasteiger partial charge in [-0.2, -0.15) is 0 Å². The van der Waals surface area contributed by atoms with Crippen molar-refractivity contribution < 1.29 is 18.3 Å².